The van der Waals surface area contributed by atoms with E-state index in [0.29, 0.717) is 6.54 Å². The molecule has 0 saturated heterocycles. The maximum Gasteiger partial charge on any atom is 0.290 e. The smallest absolute Gasteiger partial charge is 0.290 e. The van der Waals surface area contributed by atoms with E-state index in [4.69, 9.17) is 11.6 Å². The highest BCUT2D eigenvalue weighted by Crippen LogP contribution is 2.28. The standard InChI is InChI=1S/C10H14ClN3O4S/c1-12-5-6-13(2)19(17,18)10-4-3-8(11)7-9(10)14(15)16/h3-4,7,12H,5-6H2,1-2H3. The molecule has 0 unspecified atom stereocenters. The number of nitrogens with one attached hydrogen (secondary N) is 1. The SMILES string of the molecule is CNCCN(C)S(=O)(=O)c1ccc(Cl)cc1[N+](=O)[O-]. The van der Waals surface area contributed by atoms with E-state index in [9.17, 15) is 18.5 Å². The van der Waals surface area contributed by atoms with Gasteiger partial charge in [-0.05, 0) is 19.2 Å². The van der Waals surface area contributed by atoms with Crippen LogP contribution in [0.1, 0.15) is 0 Å². The zero-order valence-electron chi connectivity index (χ0n) is 10.5. The predicted molar refractivity (Wildman–Crippen MR) is 71.8 cm³/mol. The first-order valence-electron chi connectivity index (χ1n) is 5.35. The molecule has 0 atom stereocenters. The second-order valence-corrected chi connectivity index (χ2v) is 6.25. The molecule has 106 valence electrons. The molecular weight excluding hydrogens is 294 g/mol. The number of benzene rings is 1. The minimum absolute atomic E-state index is 0.114. The average molecular weight is 308 g/mol. The van der Waals surface area contributed by atoms with Crippen LogP contribution >= 0.6 is 11.6 Å². The van der Waals surface area contributed by atoms with Gasteiger partial charge in [-0.25, -0.2) is 8.42 Å². The third kappa shape index (κ3) is 3.63. The van der Waals surface area contributed by atoms with Crippen molar-refractivity contribution < 1.29 is 13.3 Å². The number of nitrogens with zero attached hydrogens (tertiary/aromatic N) is 2. The van der Waals surface area contributed by atoms with Gasteiger partial charge in [-0.2, -0.15) is 4.31 Å². The first-order valence-corrected chi connectivity index (χ1v) is 7.17. The van der Waals surface area contributed by atoms with E-state index < -0.39 is 20.6 Å². The van der Waals surface area contributed by atoms with Crippen LogP contribution in [0.15, 0.2) is 23.1 Å². The summed E-state index contributed by atoms with van der Waals surface area (Å²) in [6.07, 6.45) is 0. The number of nitro groups is 1. The van der Waals surface area contributed by atoms with Gasteiger partial charge >= 0.3 is 0 Å². The summed E-state index contributed by atoms with van der Waals surface area (Å²) in [5.74, 6) is 0. The Morgan fingerprint density at radius 2 is 2.11 bits per heavy atom. The molecule has 0 spiro atoms. The molecule has 0 aliphatic rings. The van der Waals surface area contributed by atoms with Gasteiger partial charge < -0.3 is 5.32 Å². The molecule has 0 aromatic heterocycles. The Hall–Kier alpha value is -1.22. The number of halogens is 1. The fraction of sp³-hybridized carbons (Fsp3) is 0.400. The third-order valence-corrected chi connectivity index (χ3v) is 4.62. The molecule has 0 saturated carbocycles. The summed E-state index contributed by atoms with van der Waals surface area (Å²) in [5, 5.41) is 13.8. The van der Waals surface area contributed by atoms with Gasteiger partial charge in [0.05, 0.1) is 4.92 Å². The van der Waals surface area contributed by atoms with Crippen molar-refractivity contribution in [1.29, 1.82) is 0 Å². The minimum atomic E-state index is -3.91. The molecule has 0 radical (unpaired) electrons. The normalized spacial score (nSPS) is 11.8. The molecular formula is C10H14ClN3O4S. The number of likely N-dealkylation sites (N-methyl/N-ethyl adjacent to an activating group) is 2. The number of rotatable bonds is 6. The summed E-state index contributed by atoms with van der Waals surface area (Å²) < 4.78 is 25.5. The highest BCUT2D eigenvalue weighted by Gasteiger charge is 2.29. The third-order valence-electron chi connectivity index (χ3n) is 2.48. The second-order valence-electron chi connectivity index (χ2n) is 3.80. The Morgan fingerprint density at radius 3 is 2.63 bits per heavy atom. The zero-order chi connectivity index (χ0) is 14.6. The Balaban J connectivity index is 3.25. The largest absolute Gasteiger partial charge is 0.318 e. The van der Waals surface area contributed by atoms with E-state index in [-0.39, 0.29) is 16.5 Å². The van der Waals surface area contributed by atoms with Gasteiger partial charge in [0.1, 0.15) is 0 Å². The van der Waals surface area contributed by atoms with Crippen molar-refractivity contribution in [3.05, 3.63) is 33.3 Å². The van der Waals surface area contributed by atoms with Crippen molar-refractivity contribution >= 4 is 27.3 Å². The fourth-order valence-corrected chi connectivity index (χ4v) is 2.88. The summed E-state index contributed by atoms with van der Waals surface area (Å²) in [6, 6.07) is 3.49. The maximum absolute atomic E-state index is 12.2. The fourth-order valence-electron chi connectivity index (χ4n) is 1.41. The summed E-state index contributed by atoms with van der Waals surface area (Å²) in [6.45, 7) is 0.649. The minimum Gasteiger partial charge on any atom is -0.318 e. The maximum atomic E-state index is 12.2. The van der Waals surface area contributed by atoms with Crippen LogP contribution in [-0.2, 0) is 10.0 Å². The van der Waals surface area contributed by atoms with Gasteiger partial charge in [0.2, 0.25) is 10.0 Å². The van der Waals surface area contributed by atoms with Crippen LogP contribution in [0.3, 0.4) is 0 Å². The second kappa shape index (κ2) is 6.29. The van der Waals surface area contributed by atoms with E-state index in [1.165, 1.54) is 13.1 Å². The summed E-state index contributed by atoms with van der Waals surface area (Å²) in [7, 11) is -0.859. The van der Waals surface area contributed by atoms with Crippen LogP contribution in [0.25, 0.3) is 0 Å². The van der Waals surface area contributed by atoms with Crippen LogP contribution in [0.4, 0.5) is 5.69 Å². The topological polar surface area (TPSA) is 92.6 Å². The molecule has 1 N–H and O–H groups in total. The Kier molecular flexibility index (Phi) is 5.24. The number of hydrogen-bond acceptors (Lipinski definition) is 5. The lowest BCUT2D eigenvalue weighted by Crippen LogP contribution is -2.33. The Morgan fingerprint density at radius 1 is 1.47 bits per heavy atom. The van der Waals surface area contributed by atoms with Crippen LogP contribution < -0.4 is 5.32 Å². The molecule has 7 nitrogen and oxygen atoms in total. The van der Waals surface area contributed by atoms with E-state index in [1.807, 2.05) is 0 Å². The van der Waals surface area contributed by atoms with E-state index in [1.54, 1.807) is 7.05 Å². The highest BCUT2D eigenvalue weighted by atomic mass is 35.5. The van der Waals surface area contributed by atoms with Gasteiger partial charge in [0.15, 0.2) is 4.90 Å². The lowest BCUT2D eigenvalue weighted by atomic mass is 10.3. The lowest BCUT2D eigenvalue weighted by Gasteiger charge is -2.16. The molecule has 19 heavy (non-hydrogen) atoms. The quantitative estimate of drug-likeness (QED) is 0.627. The van der Waals surface area contributed by atoms with Gasteiger partial charge in [0.25, 0.3) is 5.69 Å². The monoisotopic (exact) mass is 307 g/mol. The molecule has 1 aromatic carbocycles. The van der Waals surface area contributed by atoms with Crippen molar-refractivity contribution in [2.24, 2.45) is 0 Å². The highest BCUT2D eigenvalue weighted by molar-refractivity contribution is 7.89. The van der Waals surface area contributed by atoms with Gasteiger partial charge in [-0.3, -0.25) is 10.1 Å². The number of nitro benzene ring substituents is 1. The van der Waals surface area contributed by atoms with Crippen LogP contribution in [0.5, 0.6) is 0 Å². The van der Waals surface area contributed by atoms with Crippen molar-refractivity contribution in [2.75, 3.05) is 27.2 Å². The van der Waals surface area contributed by atoms with Gasteiger partial charge in [0, 0.05) is 31.2 Å². The molecule has 9 heteroatoms. The number of sulfonamides is 1. The molecule has 0 aliphatic heterocycles. The van der Waals surface area contributed by atoms with Crippen molar-refractivity contribution in [2.45, 2.75) is 4.90 Å². The average Bonchev–Trinajstić information content (AvgIpc) is 2.35. The van der Waals surface area contributed by atoms with Crippen LogP contribution in [0, 0.1) is 10.1 Å². The van der Waals surface area contributed by atoms with E-state index in [0.717, 1.165) is 16.4 Å². The van der Waals surface area contributed by atoms with Gasteiger partial charge in [-0.15, -0.1) is 0 Å². The zero-order valence-corrected chi connectivity index (χ0v) is 12.0. The molecule has 0 amide bonds. The Labute approximate surface area is 116 Å². The summed E-state index contributed by atoms with van der Waals surface area (Å²) in [4.78, 5) is 9.79. The molecule has 1 rings (SSSR count). The van der Waals surface area contributed by atoms with E-state index >= 15 is 0 Å². The van der Waals surface area contributed by atoms with Crippen molar-refractivity contribution in [3.63, 3.8) is 0 Å². The van der Waals surface area contributed by atoms with E-state index in [2.05, 4.69) is 5.32 Å². The first-order chi connectivity index (χ1) is 8.80. The summed E-state index contributed by atoms with van der Waals surface area (Å²) in [5.41, 5.74) is -0.524. The molecule has 0 heterocycles. The molecule has 0 aliphatic carbocycles. The van der Waals surface area contributed by atoms with Crippen LogP contribution in [-0.4, -0.2) is 44.8 Å². The predicted octanol–water partition coefficient (Wildman–Crippen LogP) is 1.09. The number of hydrogen-bond donors (Lipinski definition) is 1. The van der Waals surface area contributed by atoms with Gasteiger partial charge in [-0.1, -0.05) is 11.6 Å². The molecule has 1 aromatic rings. The van der Waals surface area contributed by atoms with Crippen molar-refractivity contribution in [1.82, 2.24) is 9.62 Å². The summed E-state index contributed by atoms with van der Waals surface area (Å²) >= 11 is 5.65. The van der Waals surface area contributed by atoms with Crippen molar-refractivity contribution in [3.8, 4) is 0 Å². The lowest BCUT2D eigenvalue weighted by molar-refractivity contribution is -0.387. The first kappa shape index (κ1) is 15.8. The molecule has 0 bridgehead atoms. The van der Waals surface area contributed by atoms with Crippen LogP contribution in [0.2, 0.25) is 5.02 Å². The Bertz CT molecular complexity index is 576. The molecule has 0 fully saturated rings.